The molecule has 24 heavy (non-hydrogen) atoms. The van der Waals surface area contributed by atoms with Crippen molar-refractivity contribution in [3.05, 3.63) is 23.5 Å². The summed E-state index contributed by atoms with van der Waals surface area (Å²) >= 11 is 1.48. The number of nitrogens with zero attached hydrogens (tertiary/aromatic N) is 5. The van der Waals surface area contributed by atoms with Crippen LogP contribution in [0.3, 0.4) is 0 Å². The monoisotopic (exact) mass is 369 g/mol. The Bertz CT molecular complexity index is 816. The van der Waals surface area contributed by atoms with Crippen LogP contribution in [0.4, 0.5) is 0 Å². The molecule has 0 N–H and O–H groups in total. The first-order valence-electron chi connectivity index (χ1n) is 8.02. The van der Waals surface area contributed by atoms with Gasteiger partial charge in [-0.15, -0.1) is 11.3 Å². The Morgan fingerprint density at radius 3 is 2.38 bits per heavy atom. The Balaban J connectivity index is 1.42. The molecule has 0 spiro atoms. The number of fused-ring (bicyclic) bond motifs is 1. The van der Waals surface area contributed by atoms with E-state index < -0.39 is 10.2 Å². The predicted octanol–water partition coefficient (Wildman–Crippen LogP) is 0.494. The summed E-state index contributed by atoms with van der Waals surface area (Å²) in [6.45, 7) is 2.69. The van der Waals surface area contributed by atoms with E-state index in [-0.39, 0.29) is 5.91 Å². The molecule has 0 bridgehead atoms. The summed E-state index contributed by atoms with van der Waals surface area (Å²) in [6, 6.07) is 0. The molecule has 4 rings (SSSR count). The molecule has 2 fully saturated rings. The summed E-state index contributed by atoms with van der Waals surface area (Å²) in [4.78, 5) is 19.4. The van der Waals surface area contributed by atoms with Crippen molar-refractivity contribution in [3.63, 3.8) is 0 Å². The van der Waals surface area contributed by atoms with Gasteiger partial charge in [-0.2, -0.15) is 17.0 Å². The first kappa shape index (κ1) is 16.0. The fourth-order valence-corrected chi connectivity index (χ4v) is 5.57. The van der Waals surface area contributed by atoms with Gasteiger partial charge in [0.05, 0.1) is 0 Å². The van der Waals surface area contributed by atoms with Crippen molar-refractivity contribution in [2.45, 2.75) is 12.8 Å². The highest BCUT2D eigenvalue weighted by molar-refractivity contribution is 7.86. The van der Waals surface area contributed by atoms with E-state index in [2.05, 4.69) is 4.98 Å². The first-order valence-corrected chi connectivity index (χ1v) is 10.3. The van der Waals surface area contributed by atoms with E-state index >= 15 is 0 Å². The highest BCUT2D eigenvalue weighted by Gasteiger charge is 2.35. The second-order valence-corrected chi connectivity index (χ2v) is 8.83. The van der Waals surface area contributed by atoms with Crippen LogP contribution >= 0.6 is 11.3 Å². The van der Waals surface area contributed by atoms with Gasteiger partial charge in [0.1, 0.15) is 5.69 Å². The van der Waals surface area contributed by atoms with E-state index in [9.17, 15) is 13.2 Å². The minimum Gasteiger partial charge on any atom is -0.335 e. The Morgan fingerprint density at radius 2 is 1.71 bits per heavy atom. The number of rotatable bonds is 3. The van der Waals surface area contributed by atoms with Crippen molar-refractivity contribution in [1.29, 1.82) is 0 Å². The van der Waals surface area contributed by atoms with Crippen LogP contribution < -0.4 is 0 Å². The van der Waals surface area contributed by atoms with Crippen molar-refractivity contribution in [2.75, 3.05) is 39.3 Å². The lowest BCUT2D eigenvalue weighted by molar-refractivity contribution is 0.0689. The lowest BCUT2D eigenvalue weighted by Crippen LogP contribution is -2.53. The maximum Gasteiger partial charge on any atom is 0.282 e. The van der Waals surface area contributed by atoms with Crippen LogP contribution in [0.25, 0.3) is 4.96 Å². The number of carbonyl (C=O) groups is 1. The summed E-state index contributed by atoms with van der Waals surface area (Å²) in [5.74, 6) is -0.135. The van der Waals surface area contributed by atoms with Gasteiger partial charge in [0.25, 0.3) is 16.1 Å². The van der Waals surface area contributed by atoms with Crippen LogP contribution in [0, 0.1) is 0 Å². The molecule has 2 aromatic heterocycles. The summed E-state index contributed by atoms with van der Waals surface area (Å²) in [6.07, 6.45) is 5.44. The van der Waals surface area contributed by atoms with Gasteiger partial charge in [-0.3, -0.25) is 9.20 Å². The fourth-order valence-electron chi connectivity index (χ4n) is 3.20. The van der Waals surface area contributed by atoms with E-state index in [0.29, 0.717) is 45.0 Å². The SMILES string of the molecule is O=C(c1cn2ccsc2n1)N1CCN(S(=O)(=O)N2CCCC2)CC1. The Kier molecular flexibility index (Phi) is 4.07. The van der Waals surface area contributed by atoms with Gasteiger partial charge in [0.15, 0.2) is 4.96 Å². The zero-order valence-corrected chi connectivity index (χ0v) is 14.8. The highest BCUT2D eigenvalue weighted by Crippen LogP contribution is 2.19. The zero-order chi connectivity index (χ0) is 16.7. The molecule has 2 saturated heterocycles. The highest BCUT2D eigenvalue weighted by atomic mass is 32.2. The molecule has 1 amide bonds. The van der Waals surface area contributed by atoms with Gasteiger partial charge in [0, 0.05) is 57.0 Å². The zero-order valence-electron chi connectivity index (χ0n) is 13.2. The summed E-state index contributed by atoms with van der Waals surface area (Å²) in [5, 5.41) is 1.92. The third-order valence-corrected chi connectivity index (χ3v) is 7.36. The average Bonchev–Trinajstić information content (AvgIpc) is 3.30. The molecule has 0 aliphatic carbocycles. The van der Waals surface area contributed by atoms with E-state index in [1.807, 2.05) is 16.0 Å². The summed E-state index contributed by atoms with van der Waals surface area (Å²) in [5.41, 5.74) is 0.415. The van der Waals surface area contributed by atoms with Gasteiger partial charge in [-0.1, -0.05) is 0 Å². The molecule has 4 heterocycles. The van der Waals surface area contributed by atoms with E-state index in [0.717, 1.165) is 17.8 Å². The second-order valence-electron chi connectivity index (χ2n) is 6.02. The third kappa shape index (κ3) is 2.73. The number of thiazole rings is 1. The Morgan fingerprint density at radius 1 is 1.04 bits per heavy atom. The van der Waals surface area contributed by atoms with Crippen LogP contribution in [-0.2, 0) is 10.2 Å². The molecule has 2 aliphatic heterocycles. The fraction of sp³-hybridized carbons (Fsp3) is 0.571. The molecule has 0 aromatic carbocycles. The molecule has 2 aliphatic rings. The molecule has 0 unspecified atom stereocenters. The number of amides is 1. The van der Waals surface area contributed by atoms with Gasteiger partial charge in [-0.25, -0.2) is 4.98 Å². The van der Waals surface area contributed by atoms with Crippen LogP contribution in [0.1, 0.15) is 23.3 Å². The minimum atomic E-state index is -3.38. The van der Waals surface area contributed by atoms with E-state index in [1.165, 1.54) is 15.6 Å². The largest absolute Gasteiger partial charge is 0.335 e. The van der Waals surface area contributed by atoms with Crippen LogP contribution in [-0.4, -0.2) is 76.5 Å². The van der Waals surface area contributed by atoms with E-state index in [4.69, 9.17) is 0 Å². The average molecular weight is 369 g/mol. The Hall–Kier alpha value is -1.49. The van der Waals surface area contributed by atoms with Crippen LogP contribution in [0.15, 0.2) is 17.8 Å². The number of hydrogen-bond acceptors (Lipinski definition) is 5. The third-order valence-electron chi connectivity index (χ3n) is 4.56. The maximum absolute atomic E-state index is 12.6. The predicted molar refractivity (Wildman–Crippen MR) is 90.3 cm³/mol. The maximum atomic E-state index is 12.6. The molecule has 0 radical (unpaired) electrons. The molecular weight excluding hydrogens is 350 g/mol. The van der Waals surface area contributed by atoms with Crippen molar-refractivity contribution in [3.8, 4) is 0 Å². The van der Waals surface area contributed by atoms with E-state index in [1.54, 1.807) is 15.4 Å². The lowest BCUT2D eigenvalue weighted by Gasteiger charge is -2.35. The number of carbonyl (C=O) groups excluding carboxylic acids is 1. The smallest absolute Gasteiger partial charge is 0.282 e. The van der Waals surface area contributed by atoms with Crippen molar-refractivity contribution in [2.24, 2.45) is 0 Å². The van der Waals surface area contributed by atoms with Crippen LogP contribution in [0.5, 0.6) is 0 Å². The number of piperazine rings is 1. The molecule has 2 aromatic rings. The first-order chi connectivity index (χ1) is 11.6. The van der Waals surface area contributed by atoms with Crippen molar-refractivity contribution >= 4 is 32.4 Å². The van der Waals surface area contributed by atoms with Gasteiger partial charge < -0.3 is 4.90 Å². The molecule has 130 valence electrons. The Labute approximate surface area is 144 Å². The van der Waals surface area contributed by atoms with Crippen LogP contribution in [0.2, 0.25) is 0 Å². The van der Waals surface area contributed by atoms with Gasteiger partial charge >= 0.3 is 0 Å². The van der Waals surface area contributed by atoms with Gasteiger partial charge in [0.2, 0.25) is 0 Å². The number of imidazole rings is 1. The summed E-state index contributed by atoms with van der Waals surface area (Å²) in [7, 11) is -3.38. The molecule has 10 heteroatoms. The molecule has 0 atom stereocenters. The number of aromatic nitrogens is 2. The molecule has 8 nitrogen and oxygen atoms in total. The van der Waals surface area contributed by atoms with Gasteiger partial charge in [-0.05, 0) is 12.8 Å². The quantitative estimate of drug-likeness (QED) is 0.789. The lowest BCUT2D eigenvalue weighted by atomic mass is 10.3. The van der Waals surface area contributed by atoms with Crippen molar-refractivity contribution in [1.82, 2.24) is 22.9 Å². The normalized spacial score (nSPS) is 20.9. The standard InChI is InChI=1S/C14H19N5O3S2/c20-13(12-11-17-9-10-23-14(17)15-12)16-5-7-19(8-6-16)24(21,22)18-3-1-2-4-18/h9-11H,1-8H2. The topological polar surface area (TPSA) is 78.2 Å². The molecular formula is C14H19N5O3S2. The molecule has 0 saturated carbocycles. The summed E-state index contributed by atoms with van der Waals surface area (Å²) < 4.78 is 30.0. The number of hydrogen-bond donors (Lipinski definition) is 0. The second kappa shape index (κ2) is 6.10. The van der Waals surface area contributed by atoms with Crippen molar-refractivity contribution < 1.29 is 13.2 Å². The minimum absolute atomic E-state index is 0.135.